The molecule has 0 amide bonds. The van der Waals surface area contributed by atoms with Crippen LogP contribution in [0.3, 0.4) is 0 Å². The van der Waals surface area contributed by atoms with Gasteiger partial charge < -0.3 is 0 Å². The van der Waals surface area contributed by atoms with Crippen LogP contribution in [0.5, 0.6) is 0 Å². The Labute approximate surface area is 260 Å². The van der Waals surface area contributed by atoms with Gasteiger partial charge in [0.2, 0.25) is 0 Å². The Balaban J connectivity index is 1.83. The maximum absolute atomic E-state index is 2.45. The molecule has 0 spiro atoms. The molecular weight excluding hydrogens is 504 g/mol. The van der Waals surface area contributed by atoms with Crippen molar-refractivity contribution in [1.82, 2.24) is 0 Å². The standard InChI is InChI=1S/C42H60/c1-32(20-15-22-34(3)25-27-39-37(6)24-17-29-41(39,8)9)18-13-12-14-19-33(2)21-16-23-35(4)26-28-40-38(7)30-36(5)31-42(40,10)11/h12,14-16,18-23,25-28,30,36,40H,13,17,24,29,31H2,1-11H3/b14-12+,20-15+,21-16+,27-25+,28-26+,32-18+,33-19+,34-22+,35-23+/t36-,40-/m0/s1. The molecule has 2 rings (SSSR count). The third-order valence-electron chi connectivity index (χ3n) is 8.84. The normalized spacial score (nSPS) is 24.8. The third-order valence-corrected chi connectivity index (χ3v) is 8.84. The topological polar surface area (TPSA) is 0 Å². The zero-order valence-electron chi connectivity index (χ0n) is 28.9. The minimum atomic E-state index is 0.293. The molecule has 0 unspecified atom stereocenters. The van der Waals surface area contributed by atoms with E-state index < -0.39 is 0 Å². The fourth-order valence-electron chi connectivity index (χ4n) is 6.56. The zero-order chi connectivity index (χ0) is 31.3. The van der Waals surface area contributed by atoms with Gasteiger partial charge in [0.15, 0.2) is 0 Å². The molecular formula is C42H60. The van der Waals surface area contributed by atoms with Crippen LogP contribution in [0.15, 0.2) is 130 Å². The van der Waals surface area contributed by atoms with Gasteiger partial charge in [0.1, 0.15) is 0 Å². The summed E-state index contributed by atoms with van der Waals surface area (Å²) in [5.74, 6) is 1.20. The maximum atomic E-state index is 2.45. The van der Waals surface area contributed by atoms with E-state index in [1.807, 2.05) is 0 Å². The van der Waals surface area contributed by atoms with Gasteiger partial charge >= 0.3 is 0 Å². The van der Waals surface area contributed by atoms with E-state index in [9.17, 15) is 0 Å². The molecule has 0 radical (unpaired) electrons. The zero-order valence-corrected chi connectivity index (χ0v) is 28.9. The first-order chi connectivity index (χ1) is 19.7. The molecule has 0 aromatic carbocycles. The molecule has 0 nitrogen and oxygen atoms in total. The van der Waals surface area contributed by atoms with Crippen LogP contribution < -0.4 is 0 Å². The second kappa shape index (κ2) is 16.7. The van der Waals surface area contributed by atoms with E-state index in [-0.39, 0.29) is 0 Å². The van der Waals surface area contributed by atoms with Gasteiger partial charge in [-0.15, -0.1) is 0 Å². The van der Waals surface area contributed by atoms with E-state index in [1.54, 1.807) is 5.57 Å². The Morgan fingerprint density at radius 3 is 2.05 bits per heavy atom. The highest BCUT2D eigenvalue weighted by molar-refractivity contribution is 5.37. The van der Waals surface area contributed by atoms with Crippen LogP contribution in [-0.2, 0) is 0 Å². The van der Waals surface area contributed by atoms with Crippen molar-refractivity contribution in [2.24, 2.45) is 22.7 Å². The molecule has 0 aromatic heterocycles. The minimum Gasteiger partial charge on any atom is -0.0821 e. The van der Waals surface area contributed by atoms with E-state index in [2.05, 4.69) is 167 Å². The molecule has 2 aliphatic carbocycles. The summed E-state index contributed by atoms with van der Waals surface area (Å²) in [4.78, 5) is 0. The lowest BCUT2D eigenvalue weighted by Crippen LogP contribution is -2.29. The van der Waals surface area contributed by atoms with Crippen LogP contribution in [0.2, 0.25) is 0 Å². The maximum Gasteiger partial charge on any atom is 0.00287 e. The molecule has 0 N–H and O–H groups in total. The molecule has 0 bridgehead atoms. The number of rotatable bonds is 11. The average Bonchev–Trinajstić information content (AvgIpc) is 2.86. The molecule has 0 saturated heterocycles. The average molecular weight is 565 g/mol. The predicted octanol–water partition coefficient (Wildman–Crippen LogP) is 13.1. The predicted molar refractivity (Wildman–Crippen MR) is 190 cm³/mol. The first-order valence-corrected chi connectivity index (χ1v) is 16.2. The summed E-state index contributed by atoms with van der Waals surface area (Å²) in [5.41, 5.74) is 10.3. The van der Waals surface area contributed by atoms with Crippen molar-refractivity contribution in [2.45, 2.75) is 108 Å². The Morgan fingerprint density at radius 2 is 1.40 bits per heavy atom. The van der Waals surface area contributed by atoms with Gasteiger partial charge in [-0.05, 0) is 96.0 Å². The lowest BCUT2D eigenvalue weighted by atomic mass is 9.66. The van der Waals surface area contributed by atoms with Gasteiger partial charge in [-0.3, -0.25) is 0 Å². The Kier molecular flexibility index (Phi) is 14.0. The van der Waals surface area contributed by atoms with E-state index >= 15 is 0 Å². The summed E-state index contributed by atoms with van der Waals surface area (Å²) in [7, 11) is 0. The lowest BCUT2D eigenvalue weighted by Gasteiger charge is -2.39. The van der Waals surface area contributed by atoms with Gasteiger partial charge in [-0.25, -0.2) is 0 Å². The van der Waals surface area contributed by atoms with Crippen LogP contribution >= 0.6 is 0 Å². The Morgan fingerprint density at radius 1 is 0.810 bits per heavy atom. The molecule has 2 aliphatic rings. The largest absolute Gasteiger partial charge is 0.0821 e. The molecule has 0 fully saturated rings. The van der Waals surface area contributed by atoms with Crippen LogP contribution in [0.25, 0.3) is 0 Å². The first-order valence-electron chi connectivity index (χ1n) is 16.2. The molecule has 42 heavy (non-hydrogen) atoms. The van der Waals surface area contributed by atoms with Gasteiger partial charge in [-0.2, -0.15) is 0 Å². The van der Waals surface area contributed by atoms with Gasteiger partial charge in [0.25, 0.3) is 0 Å². The number of hydrogen-bond acceptors (Lipinski definition) is 0. The summed E-state index contributed by atoms with van der Waals surface area (Å²) in [6.07, 6.45) is 39.7. The molecule has 0 aromatic rings. The van der Waals surface area contributed by atoms with Gasteiger partial charge in [-0.1, -0.05) is 159 Å². The van der Waals surface area contributed by atoms with Crippen molar-refractivity contribution in [3.05, 3.63) is 130 Å². The molecule has 0 heteroatoms. The number of allylic oxidation sites excluding steroid dienone is 22. The van der Waals surface area contributed by atoms with Crippen molar-refractivity contribution in [3.8, 4) is 0 Å². The van der Waals surface area contributed by atoms with E-state index in [0.717, 1.165) is 6.42 Å². The first kappa shape index (κ1) is 35.3. The van der Waals surface area contributed by atoms with Crippen molar-refractivity contribution < 1.29 is 0 Å². The molecule has 0 saturated carbocycles. The summed E-state index contributed by atoms with van der Waals surface area (Å²) in [6.45, 7) is 25.2. The summed E-state index contributed by atoms with van der Waals surface area (Å²) in [5, 5.41) is 0. The van der Waals surface area contributed by atoms with Gasteiger partial charge in [0.05, 0.1) is 0 Å². The van der Waals surface area contributed by atoms with E-state index in [1.165, 1.54) is 59.1 Å². The van der Waals surface area contributed by atoms with E-state index in [4.69, 9.17) is 0 Å². The fraction of sp³-hybridized carbons (Fsp3) is 0.476. The summed E-state index contributed by atoms with van der Waals surface area (Å²) in [6, 6.07) is 0. The molecule has 2 atom stereocenters. The lowest BCUT2D eigenvalue weighted by molar-refractivity contribution is 0.223. The third kappa shape index (κ3) is 12.2. The second-order valence-corrected chi connectivity index (χ2v) is 14.2. The van der Waals surface area contributed by atoms with Crippen molar-refractivity contribution in [3.63, 3.8) is 0 Å². The van der Waals surface area contributed by atoms with Crippen LogP contribution in [0.4, 0.5) is 0 Å². The number of hydrogen-bond donors (Lipinski definition) is 0. The fourth-order valence-corrected chi connectivity index (χ4v) is 6.56. The van der Waals surface area contributed by atoms with Crippen molar-refractivity contribution in [1.29, 1.82) is 0 Å². The second-order valence-electron chi connectivity index (χ2n) is 14.2. The summed E-state index contributed by atoms with van der Waals surface area (Å²) < 4.78 is 0. The highest BCUT2D eigenvalue weighted by atomic mass is 14.4. The molecule has 228 valence electrons. The quantitative estimate of drug-likeness (QED) is 0.173. The molecule has 0 heterocycles. The minimum absolute atomic E-state index is 0.293. The van der Waals surface area contributed by atoms with Crippen LogP contribution in [-0.4, -0.2) is 0 Å². The molecule has 0 aliphatic heterocycles. The van der Waals surface area contributed by atoms with Crippen molar-refractivity contribution in [2.75, 3.05) is 0 Å². The Bertz CT molecular complexity index is 1250. The highest BCUT2D eigenvalue weighted by Gasteiger charge is 2.33. The summed E-state index contributed by atoms with van der Waals surface area (Å²) >= 11 is 0. The monoisotopic (exact) mass is 564 g/mol. The van der Waals surface area contributed by atoms with Crippen LogP contribution in [0.1, 0.15) is 108 Å². The highest BCUT2D eigenvalue weighted by Crippen LogP contribution is 2.44. The van der Waals surface area contributed by atoms with E-state index in [0.29, 0.717) is 22.7 Å². The SMILES string of the molecule is CC1=C[C@H](C)CC(C)(C)[C@H]1/C=C/C(C)=C/C=C/C(C)=C/C=C/C/C=C(C)/C=C/C=C(C)/C=C/C1=C(C)CCCC1(C)C. The smallest absolute Gasteiger partial charge is 0.00287 e. The van der Waals surface area contributed by atoms with Gasteiger partial charge in [0, 0.05) is 5.92 Å². The van der Waals surface area contributed by atoms with Crippen molar-refractivity contribution >= 4 is 0 Å². The Hall–Kier alpha value is -2.86. The van der Waals surface area contributed by atoms with Crippen LogP contribution in [0, 0.1) is 22.7 Å².